The standard InChI is InChI=1S/C4H10N2O/c5-1-4(7)2-6-3-4/h6-7H,1-3,5H2/p+1. The minimum Gasteiger partial charge on any atom is -0.378 e. The summed E-state index contributed by atoms with van der Waals surface area (Å²) in [5.74, 6) is 0. The van der Waals surface area contributed by atoms with Crippen LogP contribution in [0.2, 0.25) is 0 Å². The molecule has 3 heteroatoms. The predicted octanol–water partition coefficient (Wildman–Crippen LogP) is -2.75. The Hall–Kier alpha value is -0.120. The summed E-state index contributed by atoms with van der Waals surface area (Å²) >= 11 is 0. The van der Waals surface area contributed by atoms with Crippen LogP contribution in [0.4, 0.5) is 0 Å². The molecular formula is C4H11N2O+. The van der Waals surface area contributed by atoms with Gasteiger partial charge in [-0.15, -0.1) is 0 Å². The second-order valence-corrected chi connectivity index (χ2v) is 2.13. The van der Waals surface area contributed by atoms with Gasteiger partial charge < -0.3 is 16.2 Å². The summed E-state index contributed by atoms with van der Waals surface area (Å²) in [6, 6.07) is 0. The first-order chi connectivity index (χ1) is 3.27. The van der Waals surface area contributed by atoms with Crippen LogP contribution in [0.3, 0.4) is 0 Å². The van der Waals surface area contributed by atoms with Gasteiger partial charge in [0.2, 0.25) is 0 Å². The molecule has 0 spiro atoms. The molecule has 1 rings (SSSR count). The van der Waals surface area contributed by atoms with E-state index in [-0.39, 0.29) is 0 Å². The van der Waals surface area contributed by atoms with E-state index >= 15 is 0 Å². The van der Waals surface area contributed by atoms with Crippen LogP contribution in [-0.2, 0) is 0 Å². The predicted molar refractivity (Wildman–Crippen MR) is 25.7 cm³/mol. The summed E-state index contributed by atoms with van der Waals surface area (Å²) in [7, 11) is 0. The van der Waals surface area contributed by atoms with E-state index in [2.05, 4.69) is 0 Å². The molecule has 3 nitrogen and oxygen atoms in total. The largest absolute Gasteiger partial charge is 0.378 e. The lowest BCUT2D eigenvalue weighted by molar-refractivity contribution is -0.740. The number of aliphatic hydroxyl groups is 1. The first kappa shape index (κ1) is 5.03. The lowest BCUT2D eigenvalue weighted by Crippen LogP contribution is -3.03. The zero-order chi connectivity index (χ0) is 5.33. The van der Waals surface area contributed by atoms with Gasteiger partial charge >= 0.3 is 0 Å². The summed E-state index contributed by atoms with van der Waals surface area (Å²) < 4.78 is 0. The van der Waals surface area contributed by atoms with Gasteiger partial charge in [-0.25, -0.2) is 0 Å². The molecule has 0 unspecified atom stereocenters. The Morgan fingerprint density at radius 3 is 2.29 bits per heavy atom. The zero-order valence-corrected chi connectivity index (χ0v) is 4.22. The quantitative estimate of drug-likeness (QED) is 0.337. The SMILES string of the molecule is NCC1(O)C[NH2+]C1. The number of hydrogen-bond acceptors (Lipinski definition) is 2. The summed E-state index contributed by atoms with van der Waals surface area (Å²) in [6.07, 6.45) is 0. The van der Waals surface area contributed by atoms with Gasteiger partial charge in [0.25, 0.3) is 0 Å². The second kappa shape index (κ2) is 1.43. The van der Waals surface area contributed by atoms with Gasteiger partial charge in [0.05, 0.1) is 0 Å². The minimum absolute atomic E-state index is 0.406. The molecule has 7 heavy (non-hydrogen) atoms. The van der Waals surface area contributed by atoms with Crippen LogP contribution in [0.15, 0.2) is 0 Å². The van der Waals surface area contributed by atoms with Crippen LogP contribution in [0.25, 0.3) is 0 Å². The Bertz CT molecular complexity index is 64.6. The highest BCUT2D eigenvalue weighted by Crippen LogP contribution is 1.98. The molecule has 0 aromatic heterocycles. The number of nitrogens with two attached hydrogens (primary N) is 2. The highest BCUT2D eigenvalue weighted by atomic mass is 16.3. The normalized spacial score (nSPS) is 26.6. The molecule has 1 fully saturated rings. The Kier molecular flexibility index (Phi) is 1.03. The van der Waals surface area contributed by atoms with E-state index in [0.717, 1.165) is 13.1 Å². The molecule has 0 aliphatic carbocycles. The molecule has 1 heterocycles. The maximum Gasteiger partial charge on any atom is 0.174 e. The molecule has 1 saturated heterocycles. The topological polar surface area (TPSA) is 62.9 Å². The monoisotopic (exact) mass is 103 g/mol. The van der Waals surface area contributed by atoms with Gasteiger partial charge in [-0.3, -0.25) is 0 Å². The third kappa shape index (κ3) is 0.748. The van der Waals surface area contributed by atoms with E-state index in [1.807, 2.05) is 5.32 Å². The van der Waals surface area contributed by atoms with Crippen molar-refractivity contribution in [2.45, 2.75) is 5.60 Å². The number of hydrogen-bond donors (Lipinski definition) is 3. The van der Waals surface area contributed by atoms with Crippen molar-refractivity contribution in [2.24, 2.45) is 5.73 Å². The number of rotatable bonds is 1. The third-order valence-corrected chi connectivity index (χ3v) is 1.43. The van der Waals surface area contributed by atoms with Crippen molar-refractivity contribution in [1.82, 2.24) is 0 Å². The smallest absolute Gasteiger partial charge is 0.174 e. The van der Waals surface area contributed by atoms with Crippen molar-refractivity contribution < 1.29 is 10.4 Å². The van der Waals surface area contributed by atoms with Gasteiger partial charge in [0.15, 0.2) is 5.60 Å². The summed E-state index contributed by atoms with van der Waals surface area (Å²) in [6.45, 7) is 1.97. The fourth-order valence-electron chi connectivity index (χ4n) is 0.644. The van der Waals surface area contributed by atoms with Gasteiger partial charge in [-0.05, 0) is 0 Å². The van der Waals surface area contributed by atoms with Crippen molar-refractivity contribution in [3.8, 4) is 0 Å². The van der Waals surface area contributed by atoms with Crippen LogP contribution in [0, 0.1) is 0 Å². The van der Waals surface area contributed by atoms with Crippen LogP contribution < -0.4 is 11.1 Å². The minimum atomic E-state index is -0.514. The fraction of sp³-hybridized carbons (Fsp3) is 1.00. The molecule has 5 N–H and O–H groups in total. The van der Waals surface area contributed by atoms with E-state index in [1.165, 1.54) is 0 Å². The van der Waals surface area contributed by atoms with E-state index in [0.29, 0.717) is 6.54 Å². The van der Waals surface area contributed by atoms with Crippen LogP contribution in [0.5, 0.6) is 0 Å². The molecule has 42 valence electrons. The first-order valence-electron chi connectivity index (χ1n) is 2.51. The molecular weight excluding hydrogens is 92.1 g/mol. The Balaban J connectivity index is 2.29. The number of quaternary nitrogens is 1. The average Bonchev–Trinajstić information content (AvgIpc) is 1.61. The van der Waals surface area contributed by atoms with Gasteiger partial charge in [0.1, 0.15) is 13.1 Å². The van der Waals surface area contributed by atoms with Crippen molar-refractivity contribution in [3.05, 3.63) is 0 Å². The summed E-state index contributed by atoms with van der Waals surface area (Å²) in [4.78, 5) is 0. The molecule has 0 radical (unpaired) electrons. The summed E-state index contributed by atoms with van der Waals surface area (Å²) in [5, 5.41) is 11.1. The third-order valence-electron chi connectivity index (χ3n) is 1.43. The lowest BCUT2D eigenvalue weighted by Gasteiger charge is -2.31. The summed E-state index contributed by atoms with van der Waals surface area (Å²) in [5.41, 5.74) is 4.68. The van der Waals surface area contributed by atoms with E-state index in [1.54, 1.807) is 0 Å². The van der Waals surface area contributed by atoms with Crippen LogP contribution >= 0.6 is 0 Å². The molecule has 0 aromatic carbocycles. The van der Waals surface area contributed by atoms with Gasteiger partial charge in [-0.1, -0.05) is 0 Å². The van der Waals surface area contributed by atoms with E-state index < -0.39 is 5.60 Å². The van der Waals surface area contributed by atoms with Gasteiger partial charge in [-0.2, -0.15) is 0 Å². The Labute approximate surface area is 42.5 Å². The highest BCUT2D eigenvalue weighted by Gasteiger charge is 2.37. The highest BCUT2D eigenvalue weighted by molar-refractivity contribution is 4.81. The van der Waals surface area contributed by atoms with Crippen molar-refractivity contribution >= 4 is 0 Å². The lowest BCUT2D eigenvalue weighted by atomic mass is 9.98. The average molecular weight is 103 g/mol. The first-order valence-corrected chi connectivity index (χ1v) is 2.51. The maximum atomic E-state index is 9.06. The van der Waals surface area contributed by atoms with Crippen molar-refractivity contribution in [1.29, 1.82) is 0 Å². The van der Waals surface area contributed by atoms with Crippen LogP contribution in [0.1, 0.15) is 0 Å². The van der Waals surface area contributed by atoms with E-state index in [9.17, 15) is 0 Å². The second-order valence-electron chi connectivity index (χ2n) is 2.13. The van der Waals surface area contributed by atoms with Crippen molar-refractivity contribution in [2.75, 3.05) is 19.6 Å². The van der Waals surface area contributed by atoms with Crippen molar-refractivity contribution in [3.63, 3.8) is 0 Å². The van der Waals surface area contributed by atoms with Crippen LogP contribution in [-0.4, -0.2) is 30.3 Å². The molecule has 0 bridgehead atoms. The Morgan fingerprint density at radius 2 is 2.29 bits per heavy atom. The molecule has 1 aliphatic heterocycles. The fourth-order valence-corrected chi connectivity index (χ4v) is 0.644. The molecule has 1 aliphatic rings. The maximum absolute atomic E-state index is 9.06. The van der Waals surface area contributed by atoms with E-state index in [4.69, 9.17) is 10.8 Å². The Morgan fingerprint density at radius 1 is 1.71 bits per heavy atom. The molecule has 0 atom stereocenters. The zero-order valence-electron chi connectivity index (χ0n) is 4.22. The molecule has 0 saturated carbocycles. The molecule has 0 amide bonds. The molecule has 0 aromatic rings. The van der Waals surface area contributed by atoms with Gasteiger partial charge in [0, 0.05) is 6.54 Å².